The maximum absolute atomic E-state index is 12.4. The van der Waals surface area contributed by atoms with Gasteiger partial charge in [0.25, 0.3) is 0 Å². The Labute approximate surface area is 127 Å². The predicted molar refractivity (Wildman–Crippen MR) is 86.5 cm³/mol. The largest absolute Gasteiger partial charge is 0.320 e. The van der Waals surface area contributed by atoms with Crippen LogP contribution in [-0.2, 0) is 10.0 Å². The van der Waals surface area contributed by atoms with Gasteiger partial charge in [0.2, 0.25) is 10.0 Å². The van der Waals surface area contributed by atoms with Crippen LogP contribution in [0, 0.1) is 18.8 Å². The average Bonchev–Trinajstić information content (AvgIpc) is 2.47. The lowest BCUT2D eigenvalue weighted by Gasteiger charge is -2.22. The van der Waals surface area contributed by atoms with Crippen LogP contribution in [0.3, 0.4) is 0 Å². The molecule has 0 bridgehead atoms. The minimum atomic E-state index is -3.29. The molecule has 114 valence electrons. The normalized spacial score (nSPS) is 16.1. The van der Waals surface area contributed by atoms with Crippen LogP contribution in [-0.4, -0.2) is 20.2 Å². The second-order valence-corrected chi connectivity index (χ2v) is 7.40. The first-order valence-corrected chi connectivity index (χ1v) is 8.89. The molecule has 0 spiro atoms. The second kappa shape index (κ2) is 6.97. The number of nitrogens with two attached hydrogens (primary N) is 1. The molecule has 21 heavy (non-hydrogen) atoms. The van der Waals surface area contributed by atoms with Crippen LogP contribution < -0.4 is 10.5 Å². The summed E-state index contributed by atoms with van der Waals surface area (Å²) in [6, 6.07) is 5.41. The van der Waals surface area contributed by atoms with E-state index < -0.39 is 10.0 Å². The van der Waals surface area contributed by atoms with Crippen LogP contribution >= 0.6 is 0 Å². The number of anilines is 1. The van der Waals surface area contributed by atoms with Crippen molar-refractivity contribution in [1.29, 1.82) is 0 Å². The Morgan fingerprint density at radius 2 is 2.00 bits per heavy atom. The van der Waals surface area contributed by atoms with Gasteiger partial charge in [-0.2, -0.15) is 0 Å². The van der Waals surface area contributed by atoms with E-state index >= 15 is 0 Å². The molecular formula is C16H22N2O2S. The minimum Gasteiger partial charge on any atom is -0.320 e. The summed E-state index contributed by atoms with van der Waals surface area (Å²) in [4.78, 5) is 0. The van der Waals surface area contributed by atoms with Crippen molar-refractivity contribution in [2.75, 3.05) is 11.3 Å². The molecule has 0 atom stereocenters. The van der Waals surface area contributed by atoms with E-state index in [2.05, 4.69) is 16.6 Å². The zero-order valence-electron chi connectivity index (χ0n) is 12.4. The molecule has 3 N–H and O–H groups in total. The number of nitrogens with one attached hydrogen (secondary N) is 1. The van der Waals surface area contributed by atoms with Gasteiger partial charge in [-0.25, -0.2) is 8.42 Å². The molecule has 0 unspecified atom stereocenters. The Hall–Kier alpha value is -1.51. The number of hydrogen-bond donors (Lipinski definition) is 2. The van der Waals surface area contributed by atoms with Crippen LogP contribution in [0.15, 0.2) is 18.2 Å². The quantitative estimate of drug-likeness (QED) is 0.842. The lowest BCUT2D eigenvalue weighted by atomic mass is 10.0. The molecule has 0 aliphatic heterocycles. The lowest BCUT2D eigenvalue weighted by molar-refractivity contribution is 0.486. The van der Waals surface area contributed by atoms with Crippen LogP contribution in [0.5, 0.6) is 0 Å². The van der Waals surface area contributed by atoms with Crippen LogP contribution in [0.4, 0.5) is 5.69 Å². The Bertz CT molecular complexity index is 651. The molecule has 5 heteroatoms. The van der Waals surface area contributed by atoms with Crippen molar-refractivity contribution in [1.82, 2.24) is 0 Å². The smallest absolute Gasteiger partial charge is 0.235 e. The maximum atomic E-state index is 12.4. The van der Waals surface area contributed by atoms with Gasteiger partial charge in [0.1, 0.15) is 0 Å². The van der Waals surface area contributed by atoms with E-state index in [9.17, 15) is 8.42 Å². The van der Waals surface area contributed by atoms with Crippen LogP contribution in [0.1, 0.15) is 43.2 Å². The Balaban J connectivity index is 2.14. The highest BCUT2D eigenvalue weighted by molar-refractivity contribution is 7.93. The molecule has 1 aliphatic rings. The van der Waals surface area contributed by atoms with Crippen molar-refractivity contribution in [2.24, 2.45) is 5.73 Å². The summed E-state index contributed by atoms with van der Waals surface area (Å²) >= 11 is 0. The summed E-state index contributed by atoms with van der Waals surface area (Å²) in [5.74, 6) is 5.78. The SMILES string of the molecule is Cc1cc(NS(=O)(=O)C2CCCCC2)ccc1C#CCN. The van der Waals surface area contributed by atoms with Crippen molar-refractivity contribution in [3.05, 3.63) is 29.3 Å². The number of rotatable bonds is 3. The number of aryl methyl sites for hydroxylation is 1. The summed E-state index contributed by atoms with van der Waals surface area (Å²) in [6.45, 7) is 2.23. The third-order valence-corrected chi connectivity index (χ3v) is 5.67. The van der Waals surface area contributed by atoms with Crippen molar-refractivity contribution >= 4 is 15.7 Å². The lowest BCUT2D eigenvalue weighted by Crippen LogP contribution is -2.29. The molecule has 0 aromatic heterocycles. The summed E-state index contributed by atoms with van der Waals surface area (Å²) in [5.41, 5.74) is 7.78. The molecule has 4 nitrogen and oxygen atoms in total. The van der Waals surface area contributed by atoms with Gasteiger partial charge < -0.3 is 5.73 Å². The van der Waals surface area contributed by atoms with Gasteiger partial charge in [0.05, 0.1) is 11.8 Å². The van der Waals surface area contributed by atoms with Crippen molar-refractivity contribution in [3.63, 3.8) is 0 Å². The van der Waals surface area contributed by atoms with E-state index in [0.717, 1.165) is 43.2 Å². The van der Waals surface area contributed by atoms with Crippen LogP contribution in [0.25, 0.3) is 0 Å². The van der Waals surface area contributed by atoms with Gasteiger partial charge in [0.15, 0.2) is 0 Å². The molecule has 1 aliphatic carbocycles. The fourth-order valence-electron chi connectivity index (χ4n) is 2.64. The summed E-state index contributed by atoms with van der Waals surface area (Å²) in [5, 5.41) is -0.261. The van der Waals surface area contributed by atoms with Gasteiger partial charge in [-0.15, -0.1) is 0 Å². The molecular weight excluding hydrogens is 284 g/mol. The van der Waals surface area contributed by atoms with E-state index in [1.165, 1.54) is 0 Å². The first-order chi connectivity index (χ1) is 10.0. The fourth-order valence-corrected chi connectivity index (χ4v) is 4.21. The first-order valence-electron chi connectivity index (χ1n) is 7.34. The van der Waals surface area contributed by atoms with Crippen molar-refractivity contribution in [2.45, 2.75) is 44.3 Å². The summed E-state index contributed by atoms with van der Waals surface area (Å²) in [6.07, 6.45) is 4.65. The minimum absolute atomic E-state index is 0.261. The average molecular weight is 306 g/mol. The Morgan fingerprint density at radius 3 is 2.62 bits per heavy atom. The molecule has 1 aromatic rings. The third kappa shape index (κ3) is 4.23. The molecule has 1 aromatic carbocycles. The van der Waals surface area contributed by atoms with Gasteiger partial charge in [-0.05, 0) is 43.5 Å². The summed E-state index contributed by atoms with van der Waals surface area (Å²) in [7, 11) is -3.29. The third-order valence-electron chi connectivity index (χ3n) is 3.80. The Kier molecular flexibility index (Phi) is 5.27. The number of hydrogen-bond acceptors (Lipinski definition) is 3. The standard InChI is InChI=1S/C16H22N2O2S/c1-13-12-15(10-9-14(13)6-5-11-17)18-21(19,20)16-7-3-2-4-8-16/h9-10,12,16,18H,2-4,7-8,11,17H2,1H3. The first kappa shape index (κ1) is 15.9. The fraction of sp³-hybridized carbons (Fsp3) is 0.500. The molecule has 1 fully saturated rings. The van der Waals surface area contributed by atoms with Gasteiger partial charge in [-0.3, -0.25) is 4.72 Å². The zero-order chi connectivity index (χ0) is 15.3. The monoisotopic (exact) mass is 306 g/mol. The zero-order valence-corrected chi connectivity index (χ0v) is 13.2. The van der Waals surface area contributed by atoms with E-state index in [1.807, 2.05) is 19.1 Å². The highest BCUT2D eigenvalue weighted by Crippen LogP contribution is 2.25. The number of sulfonamides is 1. The molecule has 0 saturated heterocycles. The van der Waals surface area contributed by atoms with E-state index in [0.29, 0.717) is 12.2 Å². The molecule has 1 saturated carbocycles. The van der Waals surface area contributed by atoms with E-state index in [-0.39, 0.29) is 5.25 Å². The molecule has 0 heterocycles. The molecule has 2 rings (SSSR count). The second-order valence-electron chi connectivity index (χ2n) is 5.44. The van der Waals surface area contributed by atoms with Crippen molar-refractivity contribution < 1.29 is 8.42 Å². The predicted octanol–water partition coefficient (Wildman–Crippen LogP) is 2.38. The van der Waals surface area contributed by atoms with E-state index in [4.69, 9.17) is 5.73 Å². The van der Waals surface area contributed by atoms with Gasteiger partial charge >= 0.3 is 0 Å². The van der Waals surface area contributed by atoms with Crippen LogP contribution in [0.2, 0.25) is 0 Å². The van der Waals surface area contributed by atoms with Gasteiger partial charge in [0, 0.05) is 11.3 Å². The van der Waals surface area contributed by atoms with Crippen molar-refractivity contribution in [3.8, 4) is 11.8 Å². The number of benzene rings is 1. The topological polar surface area (TPSA) is 72.2 Å². The van der Waals surface area contributed by atoms with Gasteiger partial charge in [-0.1, -0.05) is 31.1 Å². The molecule has 0 amide bonds. The Morgan fingerprint density at radius 1 is 1.29 bits per heavy atom. The molecule has 0 radical (unpaired) electrons. The highest BCUT2D eigenvalue weighted by atomic mass is 32.2. The maximum Gasteiger partial charge on any atom is 0.235 e. The highest BCUT2D eigenvalue weighted by Gasteiger charge is 2.27. The van der Waals surface area contributed by atoms with E-state index in [1.54, 1.807) is 6.07 Å². The summed E-state index contributed by atoms with van der Waals surface area (Å²) < 4.78 is 27.4.